The number of ether oxygens (including phenoxy) is 1. The molecule has 2 heterocycles. The van der Waals surface area contributed by atoms with Crippen LogP contribution in [0.5, 0.6) is 0 Å². The molecule has 3 aromatic carbocycles. The number of benzene rings is 3. The lowest BCUT2D eigenvalue weighted by Crippen LogP contribution is -2.46. The van der Waals surface area contributed by atoms with Crippen LogP contribution in [0.1, 0.15) is 17.2 Å². The van der Waals surface area contributed by atoms with Crippen molar-refractivity contribution in [3.8, 4) is 0 Å². The third-order valence-corrected chi connectivity index (χ3v) is 5.74. The Kier molecular flexibility index (Phi) is 5.30. The maximum Gasteiger partial charge on any atom is 0.137 e. The number of morpholine rings is 1. The second-order valence-electron chi connectivity index (χ2n) is 7.58. The molecule has 1 saturated heterocycles. The van der Waals surface area contributed by atoms with Crippen LogP contribution in [0.2, 0.25) is 0 Å². The van der Waals surface area contributed by atoms with E-state index in [1.165, 1.54) is 17.7 Å². The van der Waals surface area contributed by atoms with Crippen LogP contribution in [0.25, 0.3) is 0 Å². The second-order valence-corrected chi connectivity index (χ2v) is 7.58. The van der Waals surface area contributed by atoms with E-state index in [0.717, 1.165) is 30.2 Å². The van der Waals surface area contributed by atoms with Crippen LogP contribution >= 0.6 is 0 Å². The number of hydrogen-bond donors (Lipinski definition) is 0. The van der Waals surface area contributed by atoms with Gasteiger partial charge in [0.05, 0.1) is 19.3 Å². The highest BCUT2D eigenvalue weighted by molar-refractivity contribution is 6.12. The number of aliphatic imine (C=N–C) groups is 1. The lowest BCUT2D eigenvalue weighted by atomic mass is 10.0. The Labute approximate surface area is 176 Å². The first kappa shape index (κ1) is 19.0. The Morgan fingerprint density at radius 2 is 1.43 bits per heavy atom. The Balaban J connectivity index is 1.65. The van der Waals surface area contributed by atoms with Crippen LogP contribution in [0, 0.1) is 5.82 Å². The van der Waals surface area contributed by atoms with Crippen LogP contribution in [-0.4, -0.2) is 43.2 Å². The summed E-state index contributed by atoms with van der Waals surface area (Å²) >= 11 is 0. The first-order valence-corrected chi connectivity index (χ1v) is 10.4. The Morgan fingerprint density at radius 1 is 0.800 bits per heavy atom. The highest BCUT2D eigenvalue weighted by Gasteiger charge is 2.42. The molecule has 0 bridgehead atoms. The van der Waals surface area contributed by atoms with Gasteiger partial charge in [-0.1, -0.05) is 60.7 Å². The van der Waals surface area contributed by atoms with Gasteiger partial charge in [0.1, 0.15) is 17.8 Å². The molecule has 3 aromatic rings. The topological polar surface area (TPSA) is 28.1 Å². The van der Waals surface area contributed by atoms with Gasteiger partial charge in [-0.25, -0.2) is 9.38 Å². The minimum atomic E-state index is -0.239. The van der Waals surface area contributed by atoms with Gasteiger partial charge in [0, 0.05) is 24.3 Å². The molecule has 0 aliphatic carbocycles. The van der Waals surface area contributed by atoms with Gasteiger partial charge in [-0.15, -0.1) is 0 Å². The monoisotopic (exact) mass is 401 g/mol. The SMILES string of the molecule is Fc1ccc(N2C(c3ccccc3)=NC(N3CCOCC3)C2c2ccccc2)cc1. The molecule has 0 spiro atoms. The van der Waals surface area contributed by atoms with Gasteiger partial charge in [0.25, 0.3) is 0 Å². The van der Waals surface area contributed by atoms with Crippen LogP contribution < -0.4 is 4.90 Å². The van der Waals surface area contributed by atoms with Gasteiger partial charge in [0.15, 0.2) is 0 Å². The third kappa shape index (κ3) is 3.62. The third-order valence-electron chi connectivity index (χ3n) is 5.74. The molecule has 0 aromatic heterocycles. The predicted octanol–water partition coefficient (Wildman–Crippen LogP) is 4.49. The summed E-state index contributed by atoms with van der Waals surface area (Å²) in [5.74, 6) is 0.671. The standard InChI is InChI=1S/C25H24FN3O/c26-21-11-13-22(14-12-21)29-23(19-7-3-1-4-8-19)25(28-15-17-30-18-16-28)27-24(29)20-9-5-2-6-10-20/h1-14,23,25H,15-18H2. The largest absolute Gasteiger partial charge is 0.379 e. The Hall–Kier alpha value is -3.02. The number of amidine groups is 1. The van der Waals surface area contributed by atoms with Crippen LogP contribution in [-0.2, 0) is 4.74 Å². The Bertz CT molecular complexity index is 1000. The normalized spacial score (nSPS) is 22.2. The summed E-state index contributed by atoms with van der Waals surface area (Å²) < 4.78 is 19.3. The molecule has 152 valence electrons. The smallest absolute Gasteiger partial charge is 0.137 e. The highest BCUT2D eigenvalue weighted by Crippen LogP contribution is 2.39. The van der Waals surface area contributed by atoms with Gasteiger partial charge in [-0.2, -0.15) is 0 Å². The summed E-state index contributed by atoms with van der Waals surface area (Å²) in [7, 11) is 0. The molecule has 30 heavy (non-hydrogen) atoms. The minimum absolute atomic E-state index is 0.00929. The average molecular weight is 401 g/mol. The van der Waals surface area contributed by atoms with Crippen molar-refractivity contribution >= 4 is 11.5 Å². The molecule has 2 aliphatic rings. The number of halogens is 1. The van der Waals surface area contributed by atoms with E-state index >= 15 is 0 Å². The molecular formula is C25H24FN3O. The molecule has 4 nitrogen and oxygen atoms in total. The number of hydrogen-bond acceptors (Lipinski definition) is 4. The zero-order valence-corrected chi connectivity index (χ0v) is 16.7. The predicted molar refractivity (Wildman–Crippen MR) is 117 cm³/mol. The molecule has 0 saturated carbocycles. The summed E-state index contributed by atoms with van der Waals surface area (Å²) in [5, 5.41) is 0. The summed E-state index contributed by atoms with van der Waals surface area (Å²) in [6, 6.07) is 27.4. The van der Waals surface area contributed by atoms with Crippen LogP contribution in [0.15, 0.2) is 89.9 Å². The summed E-state index contributed by atoms with van der Waals surface area (Å²) in [6.45, 7) is 3.11. The molecule has 5 rings (SSSR count). The van der Waals surface area contributed by atoms with Gasteiger partial charge in [-0.05, 0) is 29.8 Å². The van der Waals surface area contributed by atoms with Crippen molar-refractivity contribution in [1.82, 2.24) is 4.90 Å². The van der Waals surface area contributed by atoms with E-state index in [1.807, 2.05) is 36.4 Å². The molecule has 0 N–H and O–H groups in total. The van der Waals surface area contributed by atoms with Gasteiger partial charge >= 0.3 is 0 Å². The van der Waals surface area contributed by atoms with Gasteiger partial charge in [0.2, 0.25) is 0 Å². The number of anilines is 1. The van der Waals surface area contributed by atoms with Gasteiger partial charge in [-0.3, -0.25) is 4.90 Å². The first-order valence-electron chi connectivity index (χ1n) is 10.4. The lowest BCUT2D eigenvalue weighted by Gasteiger charge is -2.37. The molecule has 2 aliphatic heterocycles. The molecule has 0 amide bonds. The molecule has 2 unspecified atom stereocenters. The quantitative estimate of drug-likeness (QED) is 0.645. The van der Waals surface area contributed by atoms with Crippen molar-refractivity contribution in [2.45, 2.75) is 12.2 Å². The van der Waals surface area contributed by atoms with Crippen molar-refractivity contribution in [3.63, 3.8) is 0 Å². The fourth-order valence-corrected chi connectivity index (χ4v) is 4.30. The second kappa shape index (κ2) is 8.38. The van der Waals surface area contributed by atoms with E-state index in [1.54, 1.807) is 0 Å². The van der Waals surface area contributed by atoms with Crippen LogP contribution in [0.3, 0.4) is 0 Å². The van der Waals surface area contributed by atoms with Crippen molar-refractivity contribution in [2.75, 3.05) is 31.2 Å². The van der Waals surface area contributed by atoms with E-state index in [4.69, 9.17) is 9.73 Å². The summed E-state index contributed by atoms with van der Waals surface area (Å²) in [6.07, 6.45) is -0.0449. The molecule has 1 fully saturated rings. The van der Waals surface area contributed by atoms with Crippen molar-refractivity contribution in [1.29, 1.82) is 0 Å². The van der Waals surface area contributed by atoms with E-state index < -0.39 is 0 Å². The zero-order chi connectivity index (χ0) is 20.3. The maximum atomic E-state index is 13.7. The molecule has 2 atom stereocenters. The van der Waals surface area contributed by atoms with Crippen molar-refractivity contribution in [3.05, 3.63) is 102 Å². The van der Waals surface area contributed by atoms with E-state index in [0.29, 0.717) is 13.2 Å². The first-order chi connectivity index (χ1) is 14.8. The lowest BCUT2D eigenvalue weighted by molar-refractivity contribution is 0.0150. The van der Waals surface area contributed by atoms with Crippen molar-refractivity contribution in [2.24, 2.45) is 4.99 Å². The average Bonchev–Trinajstić information content (AvgIpc) is 3.22. The minimum Gasteiger partial charge on any atom is -0.379 e. The summed E-state index contributed by atoms with van der Waals surface area (Å²) in [5.41, 5.74) is 3.18. The van der Waals surface area contributed by atoms with E-state index in [2.05, 4.69) is 46.2 Å². The highest BCUT2D eigenvalue weighted by atomic mass is 19.1. The molecule has 0 radical (unpaired) electrons. The number of rotatable bonds is 4. The molecule has 5 heteroatoms. The fourth-order valence-electron chi connectivity index (χ4n) is 4.30. The fraction of sp³-hybridized carbons (Fsp3) is 0.240. The zero-order valence-electron chi connectivity index (χ0n) is 16.7. The molecular weight excluding hydrogens is 377 g/mol. The maximum absolute atomic E-state index is 13.7. The van der Waals surface area contributed by atoms with E-state index in [-0.39, 0.29) is 18.0 Å². The number of nitrogens with zero attached hydrogens (tertiary/aromatic N) is 3. The van der Waals surface area contributed by atoms with Crippen molar-refractivity contribution < 1.29 is 9.13 Å². The Morgan fingerprint density at radius 3 is 2.10 bits per heavy atom. The van der Waals surface area contributed by atoms with Gasteiger partial charge < -0.3 is 9.64 Å². The summed E-state index contributed by atoms with van der Waals surface area (Å²) in [4.78, 5) is 9.89. The van der Waals surface area contributed by atoms with E-state index in [9.17, 15) is 4.39 Å². The van der Waals surface area contributed by atoms with Crippen LogP contribution in [0.4, 0.5) is 10.1 Å².